The van der Waals surface area contributed by atoms with Gasteiger partial charge in [-0.25, -0.2) is 0 Å². The van der Waals surface area contributed by atoms with Crippen LogP contribution >= 0.6 is 15.9 Å². The molecule has 0 amide bonds. The molecule has 0 radical (unpaired) electrons. The molecule has 0 bridgehead atoms. The van der Waals surface area contributed by atoms with Gasteiger partial charge in [0.15, 0.2) is 0 Å². The van der Waals surface area contributed by atoms with E-state index in [1.165, 1.54) is 0 Å². The van der Waals surface area contributed by atoms with Crippen LogP contribution in [0.15, 0.2) is 46.9 Å². The number of methoxy groups -OCH3 is 1. The second kappa shape index (κ2) is 6.18. The summed E-state index contributed by atoms with van der Waals surface area (Å²) in [5.74, 6) is 0.745. The van der Waals surface area contributed by atoms with Crippen molar-refractivity contribution >= 4 is 15.9 Å². The lowest BCUT2D eigenvalue weighted by Crippen LogP contribution is -2.19. The average molecular weight is 349 g/mol. The maximum Gasteiger partial charge on any atom is 0.127 e. The maximum absolute atomic E-state index is 10.3. The van der Waals surface area contributed by atoms with Crippen LogP contribution in [-0.4, -0.2) is 12.2 Å². The quantitative estimate of drug-likeness (QED) is 0.905. The van der Waals surface area contributed by atoms with Crippen LogP contribution in [0.25, 0.3) is 0 Å². The van der Waals surface area contributed by atoms with E-state index in [2.05, 4.69) is 15.9 Å². The molecular weight excluding hydrogens is 332 g/mol. The number of aliphatic hydroxyl groups is 1. The van der Waals surface area contributed by atoms with Gasteiger partial charge in [-0.1, -0.05) is 46.3 Å². The van der Waals surface area contributed by atoms with Crippen molar-refractivity contribution in [2.75, 3.05) is 7.11 Å². The molecule has 2 atom stereocenters. The van der Waals surface area contributed by atoms with Crippen molar-refractivity contribution in [2.45, 2.75) is 25.2 Å². The fraction of sp³-hybridized carbons (Fsp3) is 0.294. The van der Waals surface area contributed by atoms with Gasteiger partial charge in [-0.3, -0.25) is 0 Å². The third kappa shape index (κ3) is 3.12. The van der Waals surface area contributed by atoms with Gasteiger partial charge < -0.3 is 14.6 Å². The number of aliphatic hydroxyl groups excluding tert-OH is 1. The monoisotopic (exact) mass is 348 g/mol. The van der Waals surface area contributed by atoms with Crippen molar-refractivity contribution in [1.82, 2.24) is 0 Å². The predicted octanol–water partition coefficient (Wildman–Crippen LogP) is 4.15. The summed E-state index contributed by atoms with van der Waals surface area (Å²) in [7, 11) is 1.68. The van der Waals surface area contributed by atoms with Crippen molar-refractivity contribution in [1.29, 1.82) is 0 Å². The van der Waals surface area contributed by atoms with E-state index >= 15 is 0 Å². The minimum atomic E-state index is -0.495. The lowest BCUT2D eigenvalue weighted by Gasteiger charge is -2.30. The number of rotatable bonds is 3. The van der Waals surface area contributed by atoms with Gasteiger partial charge in [-0.2, -0.15) is 0 Å². The van der Waals surface area contributed by atoms with Crippen LogP contribution in [0.1, 0.15) is 35.3 Å². The molecule has 1 aliphatic rings. The highest BCUT2D eigenvalue weighted by Crippen LogP contribution is 2.41. The summed E-state index contributed by atoms with van der Waals surface area (Å²) in [6.07, 6.45) is -0.0537. The van der Waals surface area contributed by atoms with Crippen LogP contribution in [0.5, 0.6) is 5.75 Å². The molecule has 1 N–H and O–H groups in total. The summed E-state index contributed by atoms with van der Waals surface area (Å²) in [4.78, 5) is 0. The molecule has 3 nitrogen and oxygen atoms in total. The Kier molecular flexibility index (Phi) is 4.29. The van der Waals surface area contributed by atoms with Crippen LogP contribution in [-0.2, 0) is 11.3 Å². The second-order valence-corrected chi connectivity index (χ2v) is 6.13. The molecule has 0 aromatic heterocycles. The van der Waals surface area contributed by atoms with Crippen molar-refractivity contribution < 1.29 is 14.6 Å². The third-order valence-electron chi connectivity index (χ3n) is 3.70. The number of fused-ring (bicyclic) bond motifs is 1. The van der Waals surface area contributed by atoms with Crippen LogP contribution in [0.3, 0.4) is 0 Å². The molecule has 0 fully saturated rings. The van der Waals surface area contributed by atoms with E-state index < -0.39 is 6.10 Å². The number of hydrogen-bond acceptors (Lipinski definition) is 3. The zero-order valence-corrected chi connectivity index (χ0v) is 13.3. The molecule has 2 aromatic rings. The SMILES string of the molecule is COCc1ccc(C2C[C@@H](O)c3ccc(Br)cc3O2)cc1. The van der Waals surface area contributed by atoms with Gasteiger partial charge in [0.1, 0.15) is 11.9 Å². The molecule has 0 aliphatic carbocycles. The maximum atomic E-state index is 10.3. The summed E-state index contributed by atoms with van der Waals surface area (Å²) >= 11 is 3.44. The van der Waals surface area contributed by atoms with Gasteiger partial charge in [0.25, 0.3) is 0 Å². The van der Waals surface area contributed by atoms with Crippen LogP contribution < -0.4 is 4.74 Å². The first kappa shape index (κ1) is 14.6. The van der Waals surface area contributed by atoms with Gasteiger partial charge in [0.2, 0.25) is 0 Å². The summed E-state index contributed by atoms with van der Waals surface area (Å²) < 4.78 is 12.1. The topological polar surface area (TPSA) is 38.7 Å². The molecular formula is C17H17BrO3. The van der Waals surface area contributed by atoms with Gasteiger partial charge in [-0.05, 0) is 23.3 Å². The highest BCUT2D eigenvalue weighted by Gasteiger charge is 2.28. The fourth-order valence-electron chi connectivity index (χ4n) is 2.62. The number of hydrogen-bond donors (Lipinski definition) is 1. The molecule has 0 saturated heterocycles. The Labute approximate surface area is 132 Å². The number of benzene rings is 2. The van der Waals surface area contributed by atoms with Crippen LogP contribution in [0, 0.1) is 0 Å². The molecule has 4 heteroatoms. The first-order chi connectivity index (χ1) is 10.2. The lowest BCUT2D eigenvalue weighted by molar-refractivity contribution is 0.0656. The molecule has 0 saturated carbocycles. The average Bonchev–Trinajstić information content (AvgIpc) is 2.48. The van der Waals surface area contributed by atoms with Crippen molar-refractivity contribution in [3.63, 3.8) is 0 Å². The zero-order valence-electron chi connectivity index (χ0n) is 11.8. The molecule has 3 rings (SSSR count). The van der Waals surface area contributed by atoms with E-state index in [4.69, 9.17) is 9.47 Å². The summed E-state index contributed by atoms with van der Waals surface area (Å²) in [5.41, 5.74) is 3.05. The van der Waals surface area contributed by atoms with Crippen molar-refractivity contribution in [3.05, 3.63) is 63.6 Å². The Morgan fingerprint density at radius 1 is 1.24 bits per heavy atom. The minimum Gasteiger partial charge on any atom is -0.485 e. The van der Waals surface area contributed by atoms with E-state index in [0.29, 0.717) is 13.0 Å². The molecule has 1 aliphatic heterocycles. The van der Waals surface area contributed by atoms with Crippen LogP contribution in [0.4, 0.5) is 0 Å². The molecule has 1 heterocycles. The van der Waals surface area contributed by atoms with E-state index in [9.17, 15) is 5.11 Å². The van der Waals surface area contributed by atoms with E-state index in [1.54, 1.807) is 7.11 Å². The van der Waals surface area contributed by atoms with Gasteiger partial charge in [0.05, 0.1) is 12.7 Å². The summed E-state index contributed by atoms with van der Waals surface area (Å²) in [6.45, 7) is 0.601. The number of halogens is 1. The highest BCUT2D eigenvalue weighted by molar-refractivity contribution is 9.10. The molecule has 21 heavy (non-hydrogen) atoms. The zero-order chi connectivity index (χ0) is 14.8. The third-order valence-corrected chi connectivity index (χ3v) is 4.20. The van der Waals surface area contributed by atoms with E-state index in [-0.39, 0.29) is 6.10 Å². The van der Waals surface area contributed by atoms with Crippen LogP contribution in [0.2, 0.25) is 0 Å². The normalized spacial score (nSPS) is 20.7. The minimum absolute atomic E-state index is 0.126. The number of ether oxygens (including phenoxy) is 2. The largest absolute Gasteiger partial charge is 0.485 e. The fourth-order valence-corrected chi connectivity index (χ4v) is 2.96. The van der Waals surface area contributed by atoms with E-state index in [1.807, 2.05) is 42.5 Å². The first-order valence-electron chi connectivity index (χ1n) is 6.89. The predicted molar refractivity (Wildman–Crippen MR) is 84.2 cm³/mol. The standard InChI is InChI=1S/C17H17BrO3/c1-20-10-11-2-4-12(5-3-11)16-9-15(19)14-7-6-13(18)8-17(14)21-16/h2-8,15-16,19H,9-10H2,1H3/t15-,16?/m1/s1. The highest BCUT2D eigenvalue weighted by atomic mass is 79.9. The Balaban J connectivity index is 1.84. The van der Waals surface area contributed by atoms with Gasteiger partial charge >= 0.3 is 0 Å². The lowest BCUT2D eigenvalue weighted by atomic mass is 9.94. The smallest absolute Gasteiger partial charge is 0.127 e. The Morgan fingerprint density at radius 3 is 2.71 bits per heavy atom. The Morgan fingerprint density at radius 2 is 2.00 bits per heavy atom. The molecule has 110 valence electrons. The Hall–Kier alpha value is -1.36. The summed E-state index contributed by atoms with van der Waals surface area (Å²) in [6, 6.07) is 13.9. The first-order valence-corrected chi connectivity index (χ1v) is 7.68. The second-order valence-electron chi connectivity index (χ2n) is 5.21. The molecule has 0 spiro atoms. The van der Waals surface area contributed by atoms with Crippen molar-refractivity contribution in [2.24, 2.45) is 0 Å². The van der Waals surface area contributed by atoms with Crippen molar-refractivity contribution in [3.8, 4) is 5.75 Å². The van der Waals surface area contributed by atoms with E-state index in [0.717, 1.165) is 26.9 Å². The van der Waals surface area contributed by atoms with Gasteiger partial charge in [0, 0.05) is 23.6 Å². The molecule has 2 aromatic carbocycles. The molecule has 1 unspecified atom stereocenters. The summed E-state index contributed by atoms with van der Waals surface area (Å²) in [5, 5.41) is 10.3. The van der Waals surface area contributed by atoms with Gasteiger partial charge in [-0.15, -0.1) is 0 Å². The Bertz CT molecular complexity index is 624.